The fourth-order valence-electron chi connectivity index (χ4n) is 3.16. The van der Waals surface area contributed by atoms with E-state index in [9.17, 15) is 4.79 Å². The van der Waals surface area contributed by atoms with Crippen LogP contribution >= 0.6 is 0 Å². The van der Waals surface area contributed by atoms with E-state index in [0.29, 0.717) is 30.0 Å². The molecule has 0 saturated carbocycles. The van der Waals surface area contributed by atoms with Crippen molar-refractivity contribution >= 4 is 11.5 Å². The molecule has 24 heavy (non-hydrogen) atoms. The molecule has 0 aliphatic carbocycles. The fourth-order valence-corrected chi connectivity index (χ4v) is 3.16. The molecule has 0 aromatic heterocycles. The first-order valence-electron chi connectivity index (χ1n) is 8.52. The number of ether oxygens (including phenoxy) is 1. The zero-order chi connectivity index (χ0) is 16.9. The molecule has 0 fully saturated rings. The van der Waals surface area contributed by atoms with Gasteiger partial charge in [0, 0.05) is 31.6 Å². The smallest absolute Gasteiger partial charge is 0.164 e. The molecule has 0 amide bonds. The third-order valence-electron chi connectivity index (χ3n) is 4.50. The predicted molar refractivity (Wildman–Crippen MR) is 96.4 cm³/mol. The monoisotopic (exact) mass is 324 g/mol. The molecule has 0 atom stereocenters. The first kappa shape index (κ1) is 16.5. The van der Waals surface area contributed by atoms with Crippen molar-refractivity contribution in [2.75, 3.05) is 25.4 Å². The Bertz CT molecular complexity index is 727. The standard InChI is InChI=1S/C20H24N2O2/c1-2-24-20-8-7-16(13-18(20)21)19(23)10-12-22-11-9-15-5-3-4-6-17(15)14-22/h3-8,13H,2,9-12,14,21H2,1H3. The van der Waals surface area contributed by atoms with Crippen LogP contribution in [-0.2, 0) is 13.0 Å². The Balaban J connectivity index is 1.57. The van der Waals surface area contributed by atoms with Crippen LogP contribution in [0.1, 0.15) is 34.8 Å². The molecule has 1 heterocycles. The molecule has 1 aliphatic rings. The van der Waals surface area contributed by atoms with Gasteiger partial charge in [-0.1, -0.05) is 24.3 Å². The van der Waals surface area contributed by atoms with E-state index >= 15 is 0 Å². The van der Waals surface area contributed by atoms with Crippen LogP contribution in [0, 0.1) is 0 Å². The van der Waals surface area contributed by atoms with Crippen molar-refractivity contribution in [3.63, 3.8) is 0 Å². The third kappa shape index (κ3) is 3.77. The van der Waals surface area contributed by atoms with Crippen LogP contribution in [0.5, 0.6) is 5.75 Å². The fraction of sp³-hybridized carbons (Fsp3) is 0.350. The minimum atomic E-state index is 0.128. The van der Waals surface area contributed by atoms with E-state index in [1.807, 2.05) is 6.92 Å². The summed E-state index contributed by atoms with van der Waals surface area (Å²) < 4.78 is 5.42. The third-order valence-corrected chi connectivity index (χ3v) is 4.50. The summed E-state index contributed by atoms with van der Waals surface area (Å²) in [4.78, 5) is 14.8. The van der Waals surface area contributed by atoms with E-state index < -0.39 is 0 Å². The van der Waals surface area contributed by atoms with Crippen LogP contribution in [-0.4, -0.2) is 30.4 Å². The second-order valence-corrected chi connectivity index (χ2v) is 6.15. The van der Waals surface area contributed by atoms with Gasteiger partial charge in [-0.3, -0.25) is 9.69 Å². The lowest BCUT2D eigenvalue weighted by atomic mass is 9.99. The van der Waals surface area contributed by atoms with Gasteiger partial charge in [0.2, 0.25) is 0 Å². The molecule has 0 bridgehead atoms. The Labute approximate surface area is 143 Å². The molecule has 2 N–H and O–H groups in total. The number of fused-ring (bicyclic) bond motifs is 1. The SMILES string of the molecule is CCOc1ccc(C(=O)CCN2CCc3ccccc3C2)cc1N. The quantitative estimate of drug-likeness (QED) is 0.654. The largest absolute Gasteiger partial charge is 0.492 e. The van der Waals surface area contributed by atoms with Crippen LogP contribution in [0.3, 0.4) is 0 Å². The highest BCUT2D eigenvalue weighted by atomic mass is 16.5. The predicted octanol–water partition coefficient (Wildman–Crippen LogP) is 3.30. The summed E-state index contributed by atoms with van der Waals surface area (Å²) in [5, 5.41) is 0. The maximum atomic E-state index is 12.4. The lowest BCUT2D eigenvalue weighted by Gasteiger charge is -2.28. The van der Waals surface area contributed by atoms with Crippen molar-refractivity contribution in [2.24, 2.45) is 0 Å². The van der Waals surface area contributed by atoms with Crippen molar-refractivity contribution < 1.29 is 9.53 Å². The first-order chi connectivity index (χ1) is 11.7. The van der Waals surface area contributed by atoms with Crippen molar-refractivity contribution in [3.8, 4) is 5.75 Å². The number of ketones is 1. The molecule has 126 valence electrons. The van der Waals surface area contributed by atoms with Crippen LogP contribution < -0.4 is 10.5 Å². The van der Waals surface area contributed by atoms with Crippen LogP contribution in [0.25, 0.3) is 0 Å². The topological polar surface area (TPSA) is 55.6 Å². The molecule has 4 heteroatoms. The maximum Gasteiger partial charge on any atom is 0.164 e. The van der Waals surface area contributed by atoms with Gasteiger partial charge in [-0.25, -0.2) is 0 Å². The van der Waals surface area contributed by atoms with E-state index in [1.165, 1.54) is 11.1 Å². The summed E-state index contributed by atoms with van der Waals surface area (Å²) in [6.07, 6.45) is 1.57. The van der Waals surface area contributed by atoms with Gasteiger partial charge in [-0.2, -0.15) is 0 Å². The molecule has 1 aliphatic heterocycles. The molecule has 0 radical (unpaired) electrons. The van der Waals surface area contributed by atoms with Gasteiger partial charge in [0.1, 0.15) is 5.75 Å². The summed E-state index contributed by atoms with van der Waals surface area (Å²) in [6.45, 7) is 5.19. The van der Waals surface area contributed by atoms with Gasteiger partial charge in [-0.05, 0) is 42.7 Å². The van der Waals surface area contributed by atoms with Crippen LogP contribution in [0.15, 0.2) is 42.5 Å². The van der Waals surface area contributed by atoms with E-state index in [-0.39, 0.29) is 5.78 Å². The number of hydrogen-bond donors (Lipinski definition) is 1. The summed E-state index contributed by atoms with van der Waals surface area (Å²) in [7, 11) is 0. The number of anilines is 1. The first-order valence-corrected chi connectivity index (χ1v) is 8.52. The highest BCUT2D eigenvalue weighted by molar-refractivity contribution is 5.97. The van der Waals surface area contributed by atoms with Gasteiger partial charge in [-0.15, -0.1) is 0 Å². The zero-order valence-electron chi connectivity index (χ0n) is 14.1. The molecule has 0 spiro atoms. The van der Waals surface area contributed by atoms with E-state index in [2.05, 4.69) is 29.2 Å². The average molecular weight is 324 g/mol. The van der Waals surface area contributed by atoms with Gasteiger partial charge in [0.25, 0.3) is 0 Å². The number of nitrogens with zero attached hydrogens (tertiary/aromatic N) is 1. The Morgan fingerprint density at radius 3 is 2.75 bits per heavy atom. The van der Waals surface area contributed by atoms with Gasteiger partial charge in [0.15, 0.2) is 5.78 Å². The zero-order valence-corrected chi connectivity index (χ0v) is 14.1. The number of benzene rings is 2. The van der Waals surface area contributed by atoms with E-state index in [4.69, 9.17) is 10.5 Å². The van der Waals surface area contributed by atoms with Crippen molar-refractivity contribution in [1.82, 2.24) is 4.90 Å². The highest BCUT2D eigenvalue weighted by Crippen LogP contribution is 2.24. The molecule has 0 unspecified atom stereocenters. The lowest BCUT2D eigenvalue weighted by molar-refractivity contribution is 0.0960. The molecule has 2 aromatic carbocycles. The summed E-state index contributed by atoms with van der Waals surface area (Å²) in [5.41, 5.74) is 9.94. The molecular formula is C20H24N2O2. The van der Waals surface area contributed by atoms with Crippen molar-refractivity contribution in [1.29, 1.82) is 0 Å². The Kier molecular flexibility index (Phi) is 5.16. The number of hydrogen-bond acceptors (Lipinski definition) is 4. The van der Waals surface area contributed by atoms with E-state index in [1.54, 1.807) is 18.2 Å². The van der Waals surface area contributed by atoms with E-state index in [0.717, 1.165) is 26.1 Å². The number of carbonyl (C=O) groups is 1. The second kappa shape index (κ2) is 7.49. The minimum Gasteiger partial charge on any atom is -0.492 e. The maximum absolute atomic E-state index is 12.4. The van der Waals surface area contributed by atoms with Crippen LogP contribution in [0.4, 0.5) is 5.69 Å². The Morgan fingerprint density at radius 2 is 2.00 bits per heavy atom. The normalized spacial score (nSPS) is 14.2. The highest BCUT2D eigenvalue weighted by Gasteiger charge is 2.17. The molecule has 3 rings (SSSR count). The Hall–Kier alpha value is -2.33. The minimum absolute atomic E-state index is 0.128. The van der Waals surface area contributed by atoms with Crippen molar-refractivity contribution in [2.45, 2.75) is 26.3 Å². The van der Waals surface area contributed by atoms with Gasteiger partial charge >= 0.3 is 0 Å². The summed E-state index contributed by atoms with van der Waals surface area (Å²) >= 11 is 0. The number of nitrogens with two attached hydrogens (primary N) is 1. The molecule has 0 saturated heterocycles. The summed E-state index contributed by atoms with van der Waals surface area (Å²) in [5.74, 6) is 0.769. The second-order valence-electron chi connectivity index (χ2n) is 6.15. The van der Waals surface area contributed by atoms with Gasteiger partial charge in [0.05, 0.1) is 12.3 Å². The number of nitrogen functional groups attached to an aromatic ring is 1. The lowest BCUT2D eigenvalue weighted by Crippen LogP contribution is -2.32. The summed E-state index contributed by atoms with van der Waals surface area (Å²) in [6, 6.07) is 13.8. The molecular weight excluding hydrogens is 300 g/mol. The number of rotatable bonds is 6. The molecule has 4 nitrogen and oxygen atoms in total. The van der Waals surface area contributed by atoms with Crippen molar-refractivity contribution in [3.05, 3.63) is 59.2 Å². The molecule has 2 aromatic rings. The van der Waals surface area contributed by atoms with Crippen LogP contribution in [0.2, 0.25) is 0 Å². The van der Waals surface area contributed by atoms with Gasteiger partial charge < -0.3 is 10.5 Å². The average Bonchev–Trinajstić information content (AvgIpc) is 2.61. The Morgan fingerprint density at radius 1 is 1.21 bits per heavy atom. The number of carbonyl (C=O) groups excluding carboxylic acids is 1. The number of Topliss-reactive ketones (excluding diaryl/α,β-unsaturated/α-hetero) is 1.